The normalized spacial score (nSPS) is 12.0. The molecule has 0 aliphatic rings. The second kappa shape index (κ2) is 6.58. The average molecular weight is 312 g/mol. The molecule has 0 saturated carbocycles. The maximum atomic E-state index is 13.6. The van der Waals surface area contributed by atoms with Crippen LogP contribution in [-0.2, 0) is 0 Å². The van der Waals surface area contributed by atoms with Crippen LogP contribution < -0.4 is 15.2 Å². The first-order valence-electron chi connectivity index (χ1n) is 6.17. The third kappa shape index (κ3) is 3.16. The Bertz CT molecular complexity index is 617. The molecule has 1 aromatic heterocycles. The van der Waals surface area contributed by atoms with Gasteiger partial charge in [-0.3, -0.25) is 0 Å². The van der Waals surface area contributed by atoms with Gasteiger partial charge < -0.3 is 15.2 Å². The summed E-state index contributed by atoms with van der Waals surface area (Å²) in [6.07, 6.45) is 0. The highest BCUT2D eigenvalue weighted by atomic mass is 35.5. The third-order valence-corrected chi connectivity index (χ3v) is 3.35. The fourth-order valence-electron chi connectivity index (χ4n) is 1.93. The van der Waals surface area contributed by atoms with Crippen LogP contribution in [0, 0.1) is 5.82 Å². The molecule has 0 bridgehead atoms. The number of anilines is 1. The molecule has 0 amide bonds. The summed E-state index contributed by atoms with van der Waals surface area (Å²) < 4.78 is 23.8. The van der Waals surface area contributed by atoms with Gasteiger partial charge in [0.2, 0.25) is 11.8 Å². The highest BCUT2D eigenvalue weighted by Gasteiger charge is 2.22. The molecule has 21 heavy (non-hydrogen) atoms. The molecule has 1 heterocycles. The number of para-hydroxylation sites is 1. The number of aromatic nitrogens is 2. The molecule has 0 aliphatic heterocycles. The molecule has 2 rings (SSSR count). The van der Waals surface area contributed by atoms with E-state index < -0.39 is 11.7 Å². The van der Waals surface area contributed by atoms with Crippen LogP contribution in [0.1, 0.15) is 17.3 Å². The van der Waals surface area contributed by atoms with Crippen molar-refractivity contribution in [3.8, 4) is 11.8 Å². The van der Waals surface area contributed by atoms with Crippen molar-refractivity contribution in [2.24, 2.45) is 0 Å². The first-order chi connectivity index (χ1) is 10.1. The van der Waals surface area contributed by atoms with Crippen molar-refractivity contribution in [3.05, 3.63) is 41.5 Å². The van der Waals surface area contributed by atoms with Crippen molar-refractivity contribution in [3.63, 3.8) is 0 Å². The van der Waals surface area contributed by atoms with Crippen LogP contribution in [0.25, 0.3) is 0 Å². The van der Waals surface area contributed by atoms with Crippen LogP contribution >= 0.6 is 11.6 Å². The van der Waals surface area contributed by atoms with E-state index in [1.807, 2.05) is 0 Å². The zero-order valence-electron chi connectivity index (χ0n) is 11.6. The van der Waals surface area contributed by atoms with Crippen LogP contribution in [0.4, 0.5) is 10.1 Å². The summed E-state index contributed by atoms with van der Waals surface area (Å²) in [7, 11) is 2.97. The Morgan fingerprint density at radius 2 is 1.86 bits per heavy atom. The molecule has 2 N–H and O–H groups in total. The van der Waals surface area contributed by atoms with E-state index in [1.165, 1.54) is 20.3 Å². The summed E-state index contributed by atoms with van der Waals surface area (Å²) in [4.78, 5) is 8.48. The van der Waals surface area contributed by atoms with E-state index in [9.17, 15) is 4.39 Å². The number of rotatable bonds is 5. The highest BCUT2D eigenvalue weighted by Crippen LogP contribution is 2.31. The fourth-order valence-corrected chi connectivity index (χ4v) is 2.24. The van der Waals surface area contributed by atoms with Gasteiger partial charge in [0.05, 0.1) is 31.9 Å². The molecular weight excluding hydrogens is 297 g/mol. The van der Waals surface area contributed by atoms with E-state index in [2.05, 4.69) is 9.97 Å². The second-order valence-electron chi connectivity index (χ2n) is 4.26. The lowest BCUT2D eigenvalue weighted by Crippen LogP contribution is -2.12. The lowest BCUT2D eigenvalue weighted by molar-refractivity contribution is 0.367. The van der Waals surface area contributed by atoms with Crippen molar-refractivity contribution in [2.45, 2.75) is 5.92 Å². The van der Waals surface area contributed by atoms with E-state index in [0.29, 0.717) is 23.1 Å². The van der Waals surface area contributed by atoms with Gasteiger partial charge in [-0.2, -0.15) is 9.97 Å². The monoisotopic (exact) mass is 311 g/mol. The quantitative estimate of drug-likeness (QED) is 0.679. The Labute approximate surface area is 126 Å². The number of nitrogen functional groups attached to an aromatic ring is 1. The van der Waals surface area contributed by atoms with Crippen molar-refractivity contribution in [1.82, 2.24) is 9.97 Å². The third-order valence-electron chi connectivity index (χ3n) is 3.04. The van der Waals surface area contributed by atoms with Crippen molar-refractivity contribution in [2.75, 3.05) is 25.8 Å². The van der Waals surface area contributed by atoms with Gasteiger partial charge in [0.25, 0.3) is 0 Å². The SMILES string of the molecule is COc1cc(OC)nc(C(CCl)c2cccc(F)c2N)n1. The fraction of sp³-hybridized carbons (Fsp3) is 0.286. The highest BCUT2D eigenvalue weighted by molar-refractivity contribution is 6.18. The average Bonchev–Trinajstić information content (AvgIpc) is 2.51. The zero-order valence-corrected chi connectivity index (χ0v) is 12.4. The molecule has 0 radical (unpaired) electrons. The minimum absolute atomic E-state index is 0.0357. The molecule has 1 atom stereocenters. The van der Waals surface area contributed by atoms with E-state index in [4.69, 9.17) is 26.8 Å². The van der Waals surface area contributed by atoms with Crippen LogP contribution in [0.2, 0.25) is 0 Å². The number of hydrogen-bond acceptors (Lipinski definition) is 5. The smallest absolute Gasteiger partial charge is 0.220 e. The molecule has 5 nitrogen and oxygen atoms in total. The van der Waals surface area contributed by atoms with E-state index in [0.717, 1.165) is 0 Å². The van der Waals surface area contributed by atoms with Crippen LogP contribution in [-0.4, -0.2) is 30.1 Å². The van der Waals surface area contributed by atoms with Crippen LogP contribution in [0.3, 0.4) is 0 Å². The second-order valence-corrected chi connectivity index (χ2v) is 4.57. The Kier molecular flexibility index (Phi) is 4.80. The van der Waals surface area contributed by atoms with Gasteiger partial charge in [-0.15, -0.1) is 11.6 Å². The molecule has 2 aromatic rings. The molecule has 1 unspecified atom stereocenters. The molecular formula is C14H15ClFN3O2. The standard InChI is InChI=1S/C14H15ClFN3O2/c1-20-11-6-12(21-2)19-14(18-11)9(7-15)8-4-3-5-10(16)13(8)17/h3-6,9H,7,17H2,1-2H3. The minimum Gasteiger partial charge on any atom is -0.481 e. The largest absolute Gasteiger partial charge is 0.481 e. The molecule has 7 heteroatoms. The van der Waals surface area contributed by atoms with Gasteiger partial charge >= 0.3 is 0 Å². The summed E-state index contributed by atoms with van der Waals surface area (Å²) in [5.41, 5.74) is 6.35. The maximum absolute atomic E-state index is 13.6. The number of halogens is 2. The van der Waals surface area contributed by atoms with Crippen molar-refractivity contribution in [1.29, 1.82) is 0 Å². The summed E-state index contributed by atoms with van der Waals surface area (Å²) in [6.45, 7) is 0. The first kappa shape index (κ1) is 15.3. The van der Waals surface area contributed by atoms with Gasteiger partial charge in [-0.25, -0.2) is 4.39 Å². The molecule has 112 valence electrons. The van der Waals surface area contributed by atoms with Gasteiger partial charge in [-0.05, 0) is 11.6 Å². The van der Waals surface area contributed by atoms with Gasteiger partial charge in [0.15, 0.2) is 0 Å². The first-order valence-corrected chi connectivity index (χ1v) is 6.71. The predicted molar refractivity (Wildman–Crippen MR) is 78.5 cm³/mol. The molecule has 0 saturated heterocycles. The zero-order chi connectivity index (χ0) is 15.4. The number of benzene rings is 1. The van der Waals surface area contributed by atoms with E-state index in [-0.39, 0.29) is 11.6 Å². The molecule has 1 aromatic carbocycles. The maximum Gasteiger partial charge on any atom is 0.220 e. The summed E-state index contributed by atoms with van der Waals surface area (Å²) in [5.74, 6) is 0.204. The number of ether oxygens (including phenoxy) is 2. The minimum atomic E-state index is -0.502. The number of nitrogens with zero attached hydrogens (tertiary/aromatic N) is 2. The van der Waals surface area contributed by atoms with Crippen LogP contribution in [0.15, 0.2) is 24.3 Å². The number of hydrogen-bond donors (Lipinski definition) is 1. The van der Waals surface area contributed by atoms with Crippen LogP contribution in [0.5, 0.6) is 11.8 Å². The Balaban J connectivity index is 2.53. The summed E-state index contributed by atoms with van der Waals surface area (Å²) in [6, 6.07) is 6.10. The summed E-state index contributed by atoms with van der Waals surface area (Å²) in [5, 5.41) is 0. The Hall–Kier alpha value is -2.08. The van der Waals surface area contributed by atoms with E-state index in [1.54, 1.807) is 18.2 Å². The van der Waals surface area contributed by atoms with Gasteiger partial charge in [0, 0.05) is 5.88 Å². The lowest BCUT2D eigenvalue weighted by Gasteiger charge is -2.16. The lowest BCUT2D eigenvalue weighted by atomic mass is 9.98. The van der Waals surface area contributed by atoms with Gasteiger partial charge in [-0.1, -0.05) is 12.1 Å². The molecule has 0 spiro atoms. The van der Waals surface area contributed by atoms with Crippen molar-refractivity contribution >= 4 is 17.3 Å². The van der Waals surface area contributed by atoms with Crippen molar-refractivity contribution < 1.29 is 13.9 Å². The van der Waals surface area contributed by atoms with E-state index >= 15 is 0 Å². The summed E-state index contributed by atoms with van der Waals surface area (Å²) >= 11 is 6.01. The Morgan fingerprint density at radius 1 is 1.24 bits per heavy atom. The van der Waals surface area contributed by atoms with Gasteiger partial charge in [0.1, 0.15) is 11.6 Å². The number of alkyl halides is 1. The molecule has 0 fully saturated rings. The predicted octanol–water partition coefficient (Wildman–Crippen LogP) is 2.59. The topological polar surface area (TPSA) is 70.3 Å². The Morgan fingerprint density at radius 3 is 2.38 bits per heavy atom. The number of nitrogens with two attached hydrogens (primary N) is 1. The molecule has 0 aliphatic carbocycles. The number of methoxy groups -OCH3 is 2.